The van der Waals surface area contributed by atoms with Gasteiger partial charge in [0.05, 0.1) is 0 Å². The van der Waals surface area contributed by atoms with Gasteiger partial charge in [-0.1, -0.05) is 26.0 Å². The molecule has 0 aromatic heterocycles. The third kappa shape index (κ3) is 7.20. The predicted molar refractivity (Wildman–Crippen MR) is 110 cm³/mol. The van der Waals surface area contributed by atoms with Crippen molar-refractivity contribution in [3.8, 4) is 0 Å². The van der Waals surface area contributed by atoms with E-state index in [0.717, 1.165) is 51.5 Å². The van der Waals surface area contributed by atoms with Gasteiger partial charge in [0.1, 0.15) is 0 Å². The van der Waals surface area contributed by atoms with Crippen molar-refractivity contribution in [3.05, 3.63) is 25.3 Å². The summed E-state index contributed by atoms with van der Waals surface area (Å²) in [6.45, 7) is 16.5. The molecule has 2 atom stereocenters. The molecule has 26 heavy (non-hydrogen) atoms. The second-order valence-electron chi connectivity index (χ2n) is 7.40. The molecule has 1 aliphatic heterocycles. The Balaban J connectivity index is 2.71. The lowest BCUT2D eigenvalue weighted by Crippen LogP contribution is -2.52. The Hall–Kier alpha value is -1.82. The molecule has 3 N–H and O–H groups in total. The Labute approximate surface area is 159 Å². The molecule has 6 nitrogen and oxygen atoms in total. The van der Waals surface area contributed by atoms with Crippen LogP contribution in [0.25, 0.3) is 0 Å². The maximum absolute atomic E-state index is 11.2. The first kappa shape index (κ1) is 22.2. The van der Waals surface area contributed by atoms with E-state index in [-0.39, 0.29) is 5.91 Å². The van der Waals surface area contributed by atoms with Crippen LogP contribution in [0.2, 0.25) is 0 Å². The molecule has 0 saturated carbocycles. The van der Waals surface area contributed by atoms with Crippen LogP contribution in [-0.2, 0) is 4.79 Å². The van der Waals surface area contributed by atoms with E-state index in [1.807, 2.05) is 19.2 Å². The second-order valence-corrected chi connectivity index (χ2v) is 7.40. The standard InChI is InChI=1S/C20H37N5O/c1-6-10-24(11-7-2)18(16(3)4)14-23-20(22-5)25-12-8-9-17(15-25)13-19(21)26/h6-7,16-18H,1-2,8-15H2,3-5H3,(H2,21,26)(H,22,23). The number of hydrogen-bond donors (Lipinski definition) is 2. The van der Waals surface area contributed by atoms with Gasteiger partial charge in [-0.3, -0.25) is 14.7 Å². The molecule has 1 aliphatic rings. The third-order valence-electron chi connectivity index (χ3n) is 4.96. The van der Waals surface area contributed by atoms with Gasteiger partial charge in [-0.05, 0) is 24.7 Å². The summed E-state index contributed by atoms with van der Waals surface area (Å²) >= 11 is 0. The van der Waals surface area contributed by atoms with E-state index in [0.29, 0.717) is 24.3 Å². The van der Waals surface area contributed by atoms with Crippen LogP contribution >= 0.6 is 0 Å². The smallest absolute Gasteiger partial charge is 0.217 e. The van der Waals surface area contributed by atoms with Crippen LogP contribution in [0.3, 0.4) is 0 Å². The van der Waals surface area contributed by atoms with E-state index >= 15 is 0 Å². The number of carbonyl (C=O) groups is 1. The monoisotopic (exact) mass is 363 g/mol. The predicted octanol–water partition coefficient (Wildman–Crippen LogP) is 1.85. The van der Waals surface area contributed by atoms with Crippen LogP contribution in [0.5, 0.6) is 0 Å². The molecule has 1 heterocycles. The van der Waals surface area contributed by atoms with Gasteiger partial charge in [-0.25, -0.2) is 0 Å². The first-order valence-electron chi connectivity index (χ1n) is 9.62. The fourth-order valence-electron chi connectivity index (χ4n) is 3.70. The summed E-state index contributed by atoms with van der Waals surface area (Å²) in [6, 6.07) is 0.356. The summed E-state index contributed by atoms with van der Waals surface area (Å²) in [5.41, 5.74) is 5.37. The largest absolute Gasteiger partial charge is 0.370 e. The van der Waals surface area contributed by atoms with Crippen molar-refractivity contribution in [1.82, 2.24) is 15.1 Å². The zero-order valence-electron chi connectivity index (χ0n) is 16.8. The average Bonchev–Trinajstić information content (AvgIpc) is 2.58. The van der Waals surface area contributed by atoms with Crippen LogP contribution < -0.4 is 11.1 Å². The van der Waals surface area contributed by atoms with Crippen molar-refractivity contribution in [1.29, 1.82) is 0 Å². The number of hydrogen-bond acceptors (Lipinski definition) is 3. The molecule has 0 bridgehead atoms. The number of nitrogens with one attached hydrogen (secondary N) is 1. The zero-order valence-corrected chi connectivity index (χ0v) is 16.8. The van der Waals surface area contributed by atoms with Gasteiger partial charge in [-0.15, -0.1) is 13.2 Å². The van der Waals surface area contributed by atoms with E-state index in [1.54, 1.807) is 0 Å². The first-order valence-corrected chi connectivity index (χ1v) is 9.62. The number of amides is 1. The normalized spacial score (nSPS) is 19.5. The molecule has 1 amide bonds. The van der Waals surface area contributed by atoms with Crippen molar-refractivity contribution in [3.63, 3.8) is 0 Å². The maximum atomic E-state index is 11.2. The summed E-state index contributed by atoms with van der Waals surface area (Å²) in [4.78, 5) is 20.3. The number of primary amides is 1. The fraction of sp³-hybridized carbons (Fsp3) is 0.700. The molecule has 1 fully saturated rings. The van der Waals surface area contributed by atoms with Gasteiger partial charge in [0.25, 0.3) is 0 Å². The number of piperidine rings is 1. The number of guanidine groups is 1. The highest BCUT2D eigenvalue weighted by atomic mass is 16.1. The molecule has 0 aromatic carbocycles. The quantitative estimate of drug-likeness (QED) is 0.353. The van der Waals surface area contributed by atoms with Crippen molar-refractivity contribution in [2.24, 2.45) is 22.6 Å². The first-order chi connectivity index (χ1) is 12.4. The Morgan fingerprint density at radius 1 is 1.38 bits per heavy atom. The van der Waals surface area contributed by atoms with Crippen LogP contribution in [0, 0.1) is 11.8 Å². The van der Waals surface area contributed by atoms with E-state index in [1.165, 1.54) is 0 Å². The highest BCUT2D eigenvalue weighted by molar-refractivity contribution is 5.80. The molecule has 1 saturated heterocycles. The Morgan fingerprint density at radius 2 is 2.04 bits per heavy atom. The minimum atomic E-state index is -0.218. The van der Waals surface area contributed by atoms with Gasteiger partial charge >= 0.3 is 0 Å². The van der Waals surface area contributed by atoms with E-state index < -0.39 is 0 Å². The summed E-state index contributed by atoms with van der Waals surface area (Å²) in [7, 11) is 1.82. The van der Waals surface area contributed by atoms with Crippen molar-refractivity contribution in [2.45, 2.75) is 39.2 Å². The maximum Gasteiger partial charge on any atom is 0.217 e. The third-order valence-corrected chi connectivity index (χ3v) is 4.96. The van der Waals surface area contributed by atoms with Crippen LogP contribution in [-0.4, -0.2) is 67.5 Å². The molecular weight excluding hydrogens is 326 g/mol. The number of nitrogens with two attached hydrogens (primary N) is 1. The van der Waals surface area contributed by atoms with Crippen molar-refractivity contribution in [2.75, 3.05) is 39.8 Å². The number of nitrogens with zero attached hydrogens (tertiary/aromatic N) is 3. The van der Waals surface area contributed by atoms with Gasteiger partial charge in [0, 0.05) is 52.2 Å². The van der Waals surface area contributed by atoms with Crippen LogP contribution in [0.15, 0.2) is 30.3 Å². The number of carbonyl (C=O) groups excluding carboxylic acids is 1. The molecule has 0 aliphatic carbocycles. The SMILES string of the molecule is C=CCN(CC=C)C(CNC(=NC)N1CCCC(CC(N)=O)C1)C(C)C. The van der Waals surface area contributed by atoms with Gasteiger partial charge in [0.15, 0.2) is 5.96 Å². The molecule has 0 spiro atoms. The van der Waals surface area contributed by atoms with E-state index in [9.17, 15) is 4.79 Å². The van der Waals surface area contributed by atoms with Crippen molar-refractivity contribution < 1.29 is 4.79 Å². The minimum absolute atomic E-state index is 0.218. The number of likely N-dealkylation sites (tertiary alicyclic amines) is 1. The molecular formula is C20H37N5O. The fourth-order valence-corrected chi connectivity index (χ4v) is 3.70. The lowest BCUT2D eigenvalue weighted by Gasteiger charge is -2.37. The zero-order chi connectivity index (χ0) is 19.5. The van der Waals surface area contributed by atoms with Gasteiger partial charge in [-0.2, -0.15) is 0 Å². The number of aliphatic imine (C=N–C) groups is 1. The topological polar surface area (TPSA) is 74.0 Å². The molecule has 148 valence electrons. The van der Waals surface area contributed by atoms with E-state index in [4.69, 9.17) is 5.73 Å². The minimum Gasteiger partial charge on any atom is -0.370 e. The lowest BCUT2D eigenvalue weighted by atomic mass is 9.95. The van der Waals surface area contributed by atoms with Gasteiger partial charge in [0.2, 0.25) is 5.91 Å². The van der Waals surface area contributed by atoms with E-state index in [2.05, 4.69) is 47.1 Å². The Morgan fingerprint density at radius 3 is 2.54 bits per heavy atom. The summed E-state index contributed by atoms with van der Waals surface area (Å²) < 4.78 is 0. The highest BCUT2D eigenvalue weighted by Crippen LogP contribution is 2.19. The molecule has 1 rings (SSSR count). The van der Waals surface area contributed by atoms with Crippen LogP contribution in [0.4, 0.5) is 0 Å². The lowest BCUT2D eigenvalue weighted by molar-refractivity contribution is -0.119. The summed E-state index contributed by atoms with van der Waals surface area (Å²) in [5, 5.41) is 3.54. The average molecular weight is 364 g/mol. The summed E-state index contributed by atoms with van der Waals surface area (Å²) in [5.74, 6) is 1.49. The van der Waals surface area contributed by atoms with Crippen molar-refractivity contribution >= 4 is 11.9 Å². The summed E-state index contributed by atoms with van der Waals surface area (Å²) in [6.07, 6.45) is 6.44. The Bertz CT molecular complexity index is 479. The molecule has 0 aromatic rings. The molecule has 6 heteroatoms. The second kappa shape index (κ2) is 11.7. The number of rotatable bonds is 10. The van der Waals surface area contributed by atoms with Crippen LogP contribution in [0.1, 0.15) is 33.1 Å². The van der Waals surface area contributed by atoms with Gasteiger partial charge < -0.3 is 16.0 Å². The highest BCUT2D eigenvalue weighted by Gasteiger charge is 2.25. The molecule has 2 unspecified atom stereocenters. The molecule has 0 radical (unpaired) electrons. The Kier molecular flexibility index (Phi) is 10.0.